The summed E-state index contributed by atoms with van der Waals surface area (Å²) in [6.07, 6.45) is 5.47. The van der Waals surface area contributed by atoms with Gasteiger partial charge in [0.25, 0.3) is 0 Å². The third-order valence-electron chi connectivity index (χ3n) is 4.31. The fraction of sp³-hybridized carbons (Fsp3) is 0.591. The van der Waals surface area contributed by atoms with E-state index in [2.05, 4.69) is 60.6 Å². The molecular formula is C22H34O2. The first-order chi connectivity index (χ1) is 11.3. The molecule has 0 unspecified atom stereocenters. The van der Waals surface area contributed by atoms with Crippen LogP contribution in [-0.2, 0) is 9.53 Å². The Hall–Kier alpha value is -1.57. The predicted molar refractivity (Wildman–Crippen MR) is 104 cm³/mol. The largest absolute Gasteiger partial charge is 0.463 e. The van der Waals surface area contributed by atoms with E-state index in [9.17, 15) is 4.79 Å². The van der Waals surface area contributed by atoms with Crippen molar-refractivity contribution < 1.29 is 9.53 Å². The van der Waals surface area contributed by atoms with Gasteiger partial charge in [-0.15, -0.1) is 0 Å². The van der Waals surface area contributed by atoms with Crippen molar-refractivity contribution in [3.63, 3.8) is 0 Å². The Labute approximate surface area is 148 Å². The predicted octanol–water partition coefficient (Wildman–Crippen LogP) is 6.41. The van der Waals surface area contributed by atoms with Crippen LogP contribution in [0, 0.1) is 0 Å². The topological polar surface area (TPSA) is 26.3 Å². The first-order valence-corrected chi connectivity index (χ1v) is 9.30. The molecule has 0 radical (unpaired) electrons. The molecule has 1 rings (SSSR count). The van der Waals surface area contributed by atoms with Crippen LogP contribution in [0.2, 0.25) is 0 Å². The fourth-order valence-electron chi connectivity index (χ4n) is 2.72. The highest BCUT2D eigenvalue weighted by atomic mass is 16.5. The van der Waals surface area contributed by atoms with Gasteiger partial charge in [0.15, 0.2) is 0 Å². The Morgan fingerprint density at radius 2 is 1.54 bits per heavy atom. The Morgan fingerprint density at radius 1 is 1.00 bits per heavy atom. The molecule has 0 saturated heterocycles. The minimum atomic E-state index is -0.249. The van der Waals surface area contributed by atoms with Crippen molar-refractivity contribution in [1.82, 2.24) is 0 Å². The van der Waals surface area contributed by atoms with E-state index in [0.717, 1.165) is 12.8 Å². The van der Waals surface area contributed by atoms with E-state index in [1.807, 2.05) is 6.08 Å². The Morgan fingerprint density at radius 3 is 1.96 bits per heavy atom. The molecule has 0 aliphatic carbocycles. The zero-order valence-corrected chi connectivity index (χ0v) is 16.5. The van der Waals surface area contributed by atoms with Gasteiger partial charge in [0, 0.05) is 6.08 Å². The van der Waals surface area contributed by atoms with E-state index < -0.39 is 0 Å². The Bertz CT molecular complexity index is 536. The average molecular weight is 331 g/mol. The van der Waals surface area contributed by atoms with Gasteiger partial charge in [-0.2, -0.15) is 0 Å². The van der Waals surface area contributed by atoms with Crippen LogP contribution in [0.1, 0.15) is 101 Å². The molecule has 0 aliphatic rings. The van der Waals surface area contributed by atoms with E-state index in [0.29, 0.717) is 24.4 Å². The molecule has 1 aromatic carbocycles. The van der Waals surface area contributed by atoms with Crippen LogP contribution >= 0.6 is 0 Å². The number of esters is 1. The van der Waals surface area contributed by atoms with Crippen LogP contribution in [0.5, 0.6) is 0 Å². The summed E-state index contributed by atoms with van der Waals surface area (Å²) in [5, 5.41) is 0. The van der Waals surface area contributed by atoms with Gasteiger partial charge in [-0.25, -0.2) is 4.79 Å². The van der Waals surface area contributed by atoms with E-state index in [4.69, 9.17) is 4.74 Å². The number of carbonyl (C=O) groups is 1. The lowest BCUT2D eigenvalue weighted by Crippen LogP contribution is -2.05. The van der Waals surface area contributed by atoms with Crippen molar-refractivity contribution in [2.24, 2.45) is 0 Å². The number of carbonyl (C=O) groups excluding carboxylic acids is 1. The number of benzene rings is 1. The highest BCUT2D eigenvalue weighted by molar-refractivity contribution is 5.87. The molecule has 0 aliphatic heterocycles. The second kappa shape index (κ2) is 9.66. The van der Waals surface area contributed by atoms with Gasteiger partial charge < -0.3 is 4.74 Å². The van der Waals surface area contributed by atoms with Gasteiger partial charge in [-0.05, 0) is 52.5 Å². The summed E-state index contributed by atoms with van der Waals surface area (Å²) in [4.78, 5) is 11.9. The van der Waals surface area contributed by atoms with Gasteiger partial charge in [0.05, 0.1) is 6.61 Å². The summed E-state index contributed by atoms with van der Waals surface area (Å²) in [6.45, 7) is 15.9. The van der Waals surface area contributed by atoms with Gasteiger partial charge in [-0.3, -0.25) is 0 Å². The fourth-order valence-corrected chi connectivity index (χ4v) is 2.72. The molecular weight excluding hydrogens is 296 g/mol. The zero-order chi connectivity index (χ0) is 18.3. The van der Waals surface area contributed by atoms with Crippen LogP contribution in [0.15, 0.2) is 18.2 Å². The maximum atomic E-state index is 11.9. The maximum absolute atomic E-state index is 11.9. The number of rotatable bonds is 8. The van der Waals surface area contributed by atoms with Crippen LogP contribution in [0.3, 0.4) is 0 Å². The van der Waals surface area contributed by atoms with Crippen molar-refractivity contribution in [2.45, 2.75) is 79.1 Å². The molecule has 0 aromatic heterocycles. The summed E-state index contributed by atoms with van der Waals surface area (Å²) in [5.41, 5.74) is 5.16. The van der Waals surface area contributed by atoms with Crippen LogP contribution in [0.25, 0.3) is 6.08 Å². The lowest BCUT2D eigenvalue weighted by Gasteiger charge is -2.21. The lowest BCUT2D eigenvalue weighted by atomic mass is 9.84. The van der Waals surface area contributed by atoms with Crippen molar-refractivity contribution >= 4 is 12.0 Å². The van der Waals surface area contributed by atoms with Crippen molar-refractivity contribution in [1.29, 1.82) is 0 Å². The van der Waals surface area contributed by atoms with Gasteiger partial charge in [-0.1, -0.05) is 67.0 Å². The summed E-state index contributed by atoms with van der Waals surface area (Å²) < 4.78 is 5.24. The van der Waals surface area contributed by atoms with Crippen LogP contribution in [-0.4, -0.2) is 12.6 Å². The van der Waals surface area contributed by atoms with E-state index >= 15 is 0 Å². The summed E-state index contributed by atoms with van der Waals surface area (Å²) >= 11 is 0. The summed E-state index contributed by atoms with van der Waals surface area (Å²) in [5.74, 6) is 1.08. The molecule has 24 heavy (non-hydrogen) atoms. The third-order valence-corrected chi connectivity index (χ3v) is 4.31. The van der Waals surface area contributed by atoms with Crippen molar-refractivity contribution in [3.05, 3.63) is 40.5 Å². The lowest BCUT2D eigenvalue weighted by molar-refractivity contribution is -0.137. The molecule has 1 aromatic rings. The second-order valence-electron chi connectivity index (χ2n) is 7.43. The number of hydrogen-bond donors (Lipinski definition) is 0. The molecule has 0 spiro atoms. The van der Waals surface area contributed by atoms with Gasteiger partial charge in [0.1, 0.15) is 0 Å². The van der Waals surface area contributed by atoms with Gasteiger partial charge >= 0.3 is 5.97 Å². The monoisotopic (exact) mass is 330 g/mol. The first-order valence-electron chi connectivity index (χ1n) is 9.30. The molecule has 134 valence electrons. The van der Waals surface area contributed by atoms with Crippen LogP contribution < -0.4 is 0 Å². The Balaban J connectivity index is 3.21. The van der Waals surface area contributed by atoms with E-state index in [-0.39, 0.29) is 5.97 Å². The number of unbranched alkanes of at least 4 members (excludes halogenated alkanes) is 1. The van der Waals surface area contributed by atoms with Gasteiger partial charge in [0.2, 0.25) is 0 Å². The molecule has 2 nitrogen and oxygen atoms in total. The minimum absolute atomic E-state index is 0.249. The third kappa shape index (κ3) is 5.81. The SMILES string of the molecule is CCCCOC(=O)/C=C/c1c(C(C)C)cc(C(C)C)cc1C(C)C. The number of ether oxygens (including phenoxy) is 1. The molecule has 0 atom stereocenters. The molecule has 0 amide bonds. The second-order valence-corrected chi connectivity index (χ2v) is 7.43. The summed E-state index contributed by atoms with van der Waals surface area (Å²) in [7, 11) is 0. The first kappa shape index (κ1) is 20.5. The highest BCUT2D eigenvalue weighted by Crippen LogP contribution is 2.32. The average Bonchev–Trinajstić information content (AvgIpc) is 2.51. The summed E-state index contributed by atoms with van der Waals surface area (Å²) in [6, 6.07) is 4.59. The smallest absolute Gasteiger partial charge is 0.330 e. The van der Waals surface area contributed by atoms with Crippen molar-refractivity contribution in [2.75, 3.05) is 6.61 Å². The van der Waals surface area contributed by atoms with E-state index in [1.165, 1.54) is 22.3 Å². The van der Waals surface area contributed by atoms with E-state index in [1.54, 1.807) is 6.08 Å². The minimum Gasteiger partial charge on any atom is -0.463 e. The molecule has 0 saturated carbocycles. The molecule has 0 bridgehead atoms. The normalized spacial score (nSPS) is 11.9. The molecule has 0 heterocycles. The molecule has 0 N–H and O–H groups in total. The maximum Gasteiger partial charge on any atom is 0.330 e. The standard InChI is InChI=1S/C22H34O2/c1-8-9-12-24-22(23)11-10-19-20(16(4)5)13-18(15(2)3)14-21(19)17(6)7/h10-11,13-17H,8-9,12H2,1-7H3/b11-10+. The molecule has 2 heteroatoms. The van der Waals surface area contributed by atoms with Crippen LogP contribution in [0.4, 0.5) is 0 Å². The van der Waals surface area contributed by atoms with Crippen molar-refractivity contribution in [3.8, 4) is 0 Å². The molecule has 0 fully saturated rings. The number of hydrogen-bond acceptors (Lipinski definition) is 2. The Kier molecular flexibility index (Phi) is 8.24. The quantitative estimate of drug-likeness (QED) is 0.312. The zero-order valence-electron chi connectivity index (χ0n) is 16.5. The highest BCUT2D eigenvalue weighted by Gasteiger charge is 2.15.